The standard InChI is InChI=1S/C13H8ClFN2O4/c14-7-3-5-6(4-8(7)15)13(21)17(12(5)20)9-1-2-10(18)16-11(9)19/h3-4,9H,1-2H2,(H,16,18,19). The summed E-state index contributed by atoms with van der Waals surface area (Å²) in [5.74, 6) is -3.47. The first kappa shape index (κ1) is 13.7. The van der Waals surface area contributed by atoms with Crippen LogP contribution in [0.5, 0.6) is 0 Å². The zero-order chi connectivity index (χ0) is 15.3. The van der Waals surface area contributed by atoms with Crippen LogP contribution in [0.15, 0.2) is 12.1 Å². The van der Waals surface area contributed by atoms with E-state index in [9.17, 15) is 23.6 Å². The lowest BCUT2D eigenvalue weighted by Gasteiger charge is -2.27. The molecule has 4 amide bonds. The Balaban J connectivity index is 2.00. The van der Waals surface area contributed by atoms with E-state index in [0.717, 1.165) is 17.0 Å². The fourth-order valence-electron chi connectivity index (χ4n) is 2.46. The van der Waals surface area contributed by atoms with E-state index in [-0.39, 0.29) is 29.0 Å². The first-order valence-electron chi connectivity index (χ1n) is 6.11. The molecule has 2 heterocycles. The predicted octanol–water partition coefficient (Wildman–Crippen LogP) is 0.880. The van der Waals surface area contributed by atoms with Crippen LogP contribution < -0.4 is 5.32 Å². The van der Waals surface area contributed by atoms with Crippen molar-refractivity contribution in [3.8, 4) is 0 Å². The Bertz CT molecular complexity index is 677. The summed E-state index contributed by atoms with van der Waals surface area (Å²) in [5, 5.41) is 1.80. The van der Waals surface area contributed by atoms with Crippen LogP contribution in [-0.4, -0.2) is 34.6 Å². The van der Waals surface area contributed by atoms with Gasteiger partial charge in [-0.15, -0.1) is 0 Å². The van der Waals surface area contributed by atoms with Gasteiger partial charge in [0.25, 0.3) is 11.8 Å². The maximum atomic E-state index is 13.4. The van der Waals surface area contributed by atoms with Gasteiger partial charge in [0.05, 0.1) is 16.1 Å². The summed E-state index contributed by atoms with van der Waals surface area (Å²) >= 11 is 5.61. The lowest BCUT2D eigenvalue weighted by molar-refractivity contribution is -0.136. The van der Waals surface area contributed by atoms with E-state index in [2.05, 4.69) is 5.32 Å². The van der Waals surface area contributed by atoms with Crippen LogP contribution in [0.2, 0.25) is 5.02 Å². The molecule has 1 aromatic carbocycles. The Labute approximate surface area is 122 Å². The van der Waals surface area contributed by atoms with Crippen molar-refractivity contribution in [2.24, 2.45) is 0 Å². The number of rotatable bonds is 1. The van der Waals surface area contributed by atoms with Crippen molar-refractivity contribution in [2.75, 3.05) is 0 Å². The largest absolute Gasteiger partial charge is 0.295 e. The van der Waals surface area contributed by atoms with Crippen molar-refractivity contribution in [1.82, 2.24) is 10.2 Å². The quantitative estimate of drug-likeness (QED) is 0.781. The molecule has 0 saturated carbocycles. The van der Waals surface area contributed by atoms with Crippen LogP contribution in [0, 0.1) is 5.82 Å². The van der Waals surface area contributed by atoms with E-state index in [1.165, 1.54) is 0 Å². The van der Waals surface area contributed by atoms with Gasteiger partial charge in [-0.1, -0.05) is 11.6 Å². The third-order valence-electron chi connectivity index (χ3n) is 3.48. The van der Waals surface area contributed by atoms with Crippen molar-refractivity contribution in [3.05, 3.63) is 34.1 Å². The van der Waals surface area contributed by atoms with Gasteiger partial charge >= 0.3 is 0 Å². The maximum Gasteiger partial charge on any atom is 0.262 e. The third-order valence-corrected chi connectivity index (χ3v) is 3.77. The predicted molar refractivity (Wildman–Crippen MR) is 68.1 cm³/mol. The highest BCUT2D eigenvalue weighted by Crippen LogP contribution is 2.30. The number of hydrogen-bond donors (Lipinski definition) is 1. The molecule has 1 aromatic rings. The SMILES string of the molecule is O=C1CCC(N2C(=O)c3cc(F)c(Cl)cc3C2=O)C(=O)N1. The van der Waals surface area contributed by atoms with Crippen molar-refractivity contribution in [3.63, 3.8) is 0 Å². The number of halogens is 2. The second-order valence-electron chi connectivity index (χ2n) is 4.76. The number of benzene rings is 1. The number of nitrogens with one attached hydrogen (secondary N) is 1. The monoisotopic (exact) mass is 310 g/mol. The number of imide groups is 2. The van der Waals surface area contributed by atoms with Crippen LogP contribution in [0.3, 0.4) is 0 Å². The normalized spacial score (nSPS) is 21.6. The number of carbonyl (C=O) groups excluding carboxylic acids is 4. The Kier molecular flexibility index (Phi) is 3.02. The van der Waals surface area contributed by atoms with E-state index in [4.69, 9.17) is 11.6 Å². The molecule has 2 aliphatic heterocycles. The Morgan fingerprint density at radius 1 is 1.14 bits per heavy atom. The molecule has 1 atom stereocenters. The molecule has 2 aliphatic rings. The number of hydrogen-bond acceptors (Lipinski definition) is 4. The molecule has 0 spiro atoms. The van der Waals surface area contributed by atoms with E-state index in [1.807, 2.05) is 0 Å². The van der Waals surface area contributed by atoms with Crippen LogP contribution in [0.25, 0.3) is 0 Å². The van der Waals surface area contributed by atoms with Gasteiger partial charge in [-0.3, -0.25) is 29.4 Å². The summed E-state index contributed by atoms with van der Waals surface area (Å²) in [6.07, 6.45) is 0.0747. The zero-order valence-electron chi connectivity index (χ0n) is 10.5. The molecule has 0 aromatic heterocycles. The van der Waals surface area contributed by atoms with Crippen molar-refractivity contribution in [1.29, 1.82) is 0 Å². The molecule has 0 bridgehead atoms. The van der Waals surface area contributed by atoms with Crippen LogP contribution in [0.4, 0.5) is 4.39 Å². The van der Waals surface area contributed by atoms with Gasteiger partial charge in [-0.25, -0.2) is 4.39 Å². The van der Waals surface area contributed by atoms with E-state index in [1.54, 1.807) is 0 Å². The molecular weight excluding hydrogens is 303 g/mol. The van der Waals surface area contributed by atoms with Crippen molar-refractivity contribution < 1.29 is 23.6 Å². The molecule has 21 heavy (non-hydrogen) atoms. The topological polar surface area (TPSA) is 83.6 Å². The third kappa shape index (κ3) is 2.01. The highest BCUT2D eigenvalue weighted by atomic mass is 35.5. The van der Waals surface area contributed by atoms with Gasteiger partial charge in [0, 0.05) is 6.42 Å². The van der Waals surface area contributed by atoms with Crippen LogP contribution >= 0.6 is 11.6 Å². The van der Waals surface area contributed by atoms with Gasteiger partial charge < -0.3 is 0 Å². The highest BCUT2D eigenvalue weighted by molar-refractivity contribution is 6.32. The molecule has 1 saturated heterocycles. The van der Waals surface area contributed by atoms with Gasteiger partial charge in [0.2, 0.25) is 11.8 Å². The molecule has 1 N–H and O–H groups in total. The zero-order valence-corrected chi connectivity index (χ0v) is 11.2. The fraction of sp³-hybridized carbons (Fsp3) is 0.231. The van der Waals surface area contributed by atoms with Gasteiger partial charge in [-0.05, 0) is 18.6 Å². The van der Waals surface area contributed by atoms with Gasteiger partial charge in [0.1, 0.15) is 11.9 Å². The van der Waals surface area contributed by atoms with Crippen LogP contribution in [0.1, 0.15) is 33.6 Å². The highest BCUT2D eigenvalue weighted by Gasteiger charge is 2.44. The molecular formula is C13H8ClFN2O4. The minimum atomic E-state index is -1.07. The summed E-state index contributed by atoms with van der Waals surface area (Å²) in [6, 6.07) is 0.874. The molecule has 8 heteroatoms. The number of piperidine rings is 1. The lowest BCUT2D eigenvalue weighted by atomic mass is 10.0. The fourth-order valence-corrected chi connectivity index (χ4v) is 2.63. The molecule has 0 aliphatic carbocycles. The van der Waals surface area contributed by atoms with Crippen LogP contribution in [-0.2, 0) is 9.59 Å². The average Bonchev–Trinajstić information content (AvgIpc) is 2.64. The summed E-state index contributed by atoms with van der Waals surface area (Å²) in [5.41, 5.74) is -0.178. The van der Waals surface area contributed by atoms with E-state index in [0.29, 0.717) is 0 Å². The number of amides is 4. The summed E-state index contributed by atoms with van der Waals surface area (Å²) in [4.78, 5) is 48.1. The smallest absolute Gasteiger partial charge is 0.262 e. The average molecular weight is 311 g/mol. The second-order valence-corrected chi connectivity index (χ2v) is 5.17. The summed E-state index contributed by atoms with van der Waals surface area (Å²) in [7, 11) is 0. The Morgan fingerprint density at radius 3 is 2.38 bits per heavy atom. The first-order chi connectivity index (χ1) is 9.90. The Morgan fingerprint density at radius 2 is 1.76 bits per heavy atom. The maximum absolute atomic E-state index is 13.4. The molecule has 0 radical (unpaired) electrons. The first-order valence-corrected chi connectivity index (χ1v) is 6.48. The molecule has 1 unspecified atom stereocenters. The summed E-state index contributed by atoms with van der Waals surface area (Å²) in [6.45, 7) is 0. The van der Waals surface area contributed by atoms with E-state index < -0.39 is 35.5 Å². The van der Waals surface area contributed by atoms with Gasteiger partial charge in [0.15, 0.2) is 0 Å². The second kappa shape index (κ2) is 4.63. The molecule has 108 valence electrons. The lowest BCUT2D eigenvalue weighted by Crippen LogP contribution is -2.54. The van der Waals surface area contributed by atoms with Crippen molar-refractivity contribution in [2.45, 2.75) is 18.9 Å². The Hall–Kier alpha value is -2.28. The minimum absolute atomic E-state index is 0.0267. The van der Waals surface area contributed by atoms with Crippen molar-refractivity contribution >= 4 is 35.2 Å². The minimum Gasteiger partial charge on any atom is -0.295 e. The molecule has 1 fully saturated rings. The number of fused-ring (bicyclic) bond motifs is 1. The molecule has 6 nitrogen and oxygen atoms in total. The number of carbonyl (C=O) groups is 4. The van der Waals surface area contributed by atoms with Gasteiger partial charge in [-0.2, -0.15) is 0 Å². The van der Waals surface area contributed by atoms with E-state index >= 15 is 0 Å². The number of nitrogens with zero attached hydrogens (tertiary/aromatic N) is 1. The summed E-state index contributed by atoms with van der Waals surface area (Å²) < 4.78 is 13.4. The molecule has 3 rings (SSSR count).